The summed E-state index contributed by atoms with van der Waals surface area (Å²) in [5, 5.41) is 14.7. The first-order valence-electron chi connectivity index (χ1n) is 11.4. The third-order valence-corrected chi connectivity index (χ3v) is 7.56. The molecule has 1 atom stereocenters. The highest BCUT2D eigenvalue weighted by Gasteiger charge is 2.22. The van der Waals surface area contributed by atoms with Crippen LogP contribution >= 0.6 is 23.1 Å². The van der Waals surface area contributed by atoms with Crippen LogP contribution in [0.15, 0.2) is 77.3 Å². The molecule has 5 rings (SSSR count). The number of nitrogens with one attached hydrogen (secondary N) is 1. The van der Waals surface area contributed by atoms with Crippen LogP contribution < -0.4 is 5.32 Å². The van der Waals surface area contributed by atoms with E-state index in [2.05, 4.69) is 38.3 Å². The number of carbonyl (C=O) groups is 1. The van der Waals surface area contributed by atoms with Crippen molar-refractivity contribution in [2.24, 2.45) is 0 Å². The molecule has 34 heavy (non-hydrogen) atoms. The third kappa shape index (κ3) is 5.58. The molecule has 2 aromatic carbocycles. The highest BCUT2D eigenvalue weighted by Crippen LogP contribution is 2.29. The number of benzene rings is 2. The van der Waals surface area contributed by atoms with Gasteiger partial charge in [0.25, 0.3) is 0 Å². The van der Waals surface area contributed by atoms with Crippen molar-refractivity contribution in [3.05, 3.63) is 83.2 Å². The molecule has 1 fully saturated rings. The van der Waals surface area contributed by atoms with Gasteiger partial charge in [0.15, 0.2) is 11.0 Å². The monoisotopic (exact) mass is 490 g/mol. The molecule has 1 aliphatic heterocycles. The zero-order valence-electron chi connectivity index (χ0n) is 18.7. The Balaban J connectivity index is 1.27. The van der Waals surface area contributed by atoms with E-state index in [0.29, 0.717) is 6.54 Å². The summed E-state index contributed by atoms with van der Waals surface area (Å²) in [5.74, 6) is 1.03. The largest absolute Gasteiger partial charge is 0.376 e. The first kappa shape index (κ1) is 22.8. The molecule has 3 heterocycles. The van der Waals surface area contributed by atoms with Gasteiger partial charge in [0.2, 0.25) is 5.91 Å². The van der Waals surface area contributed by atoms with Crippen LogP contribution in [0.25, 0.3) is 10.7 Å². The maximum absolute atomic E-state index is 12.9. The van der Waals surface area contributed by atoms with E-state index < -0.39 is 0 Å². The fourth-order valence-corrected chi connectivity index (χ4v) is 5.53. The van der Waals surface area contributed by atoms with E-state index in [1.165, 1.54) is 17.3 Å². The second kappa shape index (κ2) is 11.0. The molecule has 0 bridgehead atoms. The van der Waals surface area contributed by atoms with Crippen molar-refractivity contribution < 1.29 is 9.53 Å². The summed E-state index contributed by atoms with van der Waals surface area (Å²) in [5.41, 5.74) is 3.15. The number of hydrogen-bond donors (Lipinski definition) is 1. The van der Waals surface area contributed by atoms with Gasteiger partial charge in [-0.05, 0) is 47.9 Å². The van der Waals surface area contributed by atoms with E-state index in [9.17, 15) is 4.79 Å². The fourth-order valence-electron chi connectivity index (χ4n) is 4.07. The number of hydrogen-bond acceptors (Lipinski definition) is 6. The van der Waals surface area contributed by atoms with Gasteiger partial charge in [0.05, 0.1) is 23.3 Å². The van der Waals surface area contributed by atoms with Crippen LogP contribution in [0.5, 0.6) is 0 Å². The zero-order chi connectivity index (χ0) is 23.2. The van der Waals surface area contributed by atoms with E-state index in [0.717, 1.165) is 53.0 Å². The Morgan fingerprint density at radius 3 is 2.74 bits per heavy atom. The van der Waals surface area contributed by atoms with Crippen molar-refractivity contribution in [2.75, 3.05) is 17.7 Å². The molecule has 1 saturated heterocycles. The maximum Gasteiger partial charge on any atom is 0.234 e. The molecule has 174 valence electrons. The van der Waals surface area contributed by atoms with Crippen LogP contribution in [0, 0.1) is 0 Å². The second-order valence-electron chi connectivity index (χ2n) is 8.19. The lowest BCUT2D eigenvalue weighted by atomic mass is 10.0. The van der Waals surface area contributed by atoms with Gasteiger partial charge in [-0.25, -0.2) is 0 Å². The highest BCUT2D eigenvalue weighted by molar-refractivity contribution is 7.99. The lowest BCUT2D eigenvalue weighted by Gasteiger charge is -2.14. The molecule has 1 N–H and O–H groups in total. The van der Waals surface area contributed by atoms with Gasteiger partial charge in [-0.15, -0.1) is 21.5 Å². The molecule has 8 heteroatoms. The number of thiophene rings is 1. The molecular formula is C26H26N4O2S2. The Hall–Kier alpha value is -2.94. The van der Waals surface area contributed by atoms with Gasteiger partial charge in [0, 0.05) is 12.3 Å². The number of anilines is 1. The summed E-state index contributed by atoms with van der Waals surface area (Å²) in [6, 6.07) is 22.3. The first-order chi connectivity index (χ1) is 16.8. The average molecular weight is 491 g/mol. The van der Waals surface area contributed by atoms with Gasteiger partial charge in [0.1, 0.15) is 0 Å². The van der Waals surface area contributed by atoms with Crippen molar-refractivity contribution in [2.45, 2.75) is 37.1 Å². The summed E-state index contributed by atoms with van der Waals surface area (Å²) < 4.78 is 7.96. The number of carbonyl (C=O) groups excluding carboxylic acids is 1. The number of para-hydroxylation sites is 1. The molecule has 0 aliphatic carbocycles. The number of rotatable bonds is 9. The van der Waals surface area contributed by atoms with Crippen LogP contribution in [0.1, 0.15) is 24.0 Å². The van der Waals surface area contributed by atoms with Crippen LogP contribution in [0.2, 0.25) is 0 Å². The van der Waals surface area contributed by atoms with Gasteiger partial charge in [-0.3, -0.25) is 9.36 Å². The number of aromatic nitrogens is 3. The predicted molar refractivity (Wildman–Crippen MR) is 137 cm³/mol. The highest BCUT2D eigenvalue weighted by atomic mass is 32.2. The normalized spacial score (nSPS) is 15.5. The lowest BCUT2D eigenvalue weighted by Crippen LogP contribution is -2.18. The summed E-state index contributed by atoms with van der Waals surface area (Å²) >= 11 is 3.05. The molecule has 1 amide bonds. The Bertz CT molecular complexity index is 1220. The van der Waals surface area contributed by atoms with E-state index in [1.807, 2.05) is 53.9 Å². The number of amides is 1. The van der Waals surface area contributed by atoms with Gasteiger partial charge >= 0.3 is 0 Å². The molecule has 0 spiro atoms. The first-order valence-corrected chi connectivity index (χ1v) is 13.3. The zero-order valence-corrected chi connectivity index (χ0v) is 20.4. The fraction of sp³-hybridized carbons (Fsp3) is 0.269. The third-order valence-electron chi connectivity index (χ3n) is 5.73. The Morgan fingerprint density at radius 1 is 1.09 bits per heavy atom. The van der Waals surface area contributed by atoms with E-state index >= 15 is 0 Å². The number of ether oxygens (including phenoxy) is 1. The average Bonchev–Trinajstić information content (AvgIpc) is 3.63. The molecule has 0 saturated carbocycles. The van der Waals surface area contributed by atoms with Crippen molar-refractivity contribution >= 4 is 34.7 Å². The van der Waals surface area contributed by atoms with E-state index in [-0.39, 0.29) is 17.8 Å². The van der Waals surface area contributed by atoms with Crippen LogP contribution in [0.4, 0.5) is 5.69 Å². The van der Waals surface area contributed by atoms with Crippen LogP contribution in [-0.4, -0.2) is 39.1 Å². The standard InChI is InChI=1S/C26H26N4O2S2/c31-24(27-22-12-5-4-10-20(22)16-19-8-2-1-3-9-19)18-34-26-29-28-25(23-13-7-15-33-23)30(26)17-21-11-6-14-32-21/h1-5,7-10,12-13,15,21H,6,11,14,16-18H2,(H,27,31). The van der Waals surface area contributed by atoms with Gasteiger partial charge < -0.3 is 10.1 Å². The summed E-state index contributed by atoms with van der Waals surface area (Å²) in [6.07, 6.45) is 3.04. The molecule has 1 aliphatic rings. The second-order valence-corrected chi connectivity index (χ2v) is 10.1. The van der Waals surface area contributed by atoms with Crippen molar-refractivity contribution in [3.8, 4) is 10.7 Å². The minimum atomic E-state index is -0.0603. The van der Waals surface area contributed by atoms with E-state index in [4.69, 9.17) is 4.74 Å². The van der Waals surface area contributed by atoms with Crippen LogP contribution in [0.3, 0.4) is 0 Å². The van der Waals surface area contributed by atoms with Crippen LogP contribution in [-0.2, 0) is 22.5 Å². The van der Waals surface area contributed by atoms with Crippen molar-refractivity contribution in [1.29, 1.82) is 0 Å². The van der Waals surface area contributed by atoms with Crippen molar-refractivity contribution in [1.82, 2.24) is 14.8 Å². The SMILES string of the molecule is O=C(CSc1nnc(-c2cccs2)n1CC1CCCO1)Nc1ccccc1Cc1ccccc1. The molecule has 1 unspecified atom stereocenters. The Morgan fingerprint density at radius 2 is 1.94 bits per heavy atom. The Kier molecular flexibility index (Phi) is 7.38. The molecule has 0 radical (unpaired) electrons. The number of thioether (sulfide) groups is 1. The Labute approximate surface area is 207 Å². The summed E-state index contributed by atoms with van der Waals surface area (Å²) in [7, 11) is 0. The van der Waals surface area contributed by atoms with Gasteiger partial charge in [-0.1, -0.05) is 66.4 Å². The lowest BCUT2D eigenvalue weighted by molar-refractivity contribution is -0.113. The smallest absolute Gasteiger partial charge is 0.234 e. The van der Waals surface area contributed by atoms with Gasteiger partial charge in [-0.2, -0.15) is 0 Å². The molecule has 6 nitrogen and oxygen atoms in total. The van der Waals surface area contributed by atoms with E-state index in [1.54, 1.807) is 11.3 Å². The summed E-state index contributed by atoms with van der Waals surface area (Å²) in [4.78, 5) is 13.9. The minimum absolute atomic E-state index is 0.0603. The maximum atomic E-state index is 12.9. The summed E-state index contributed by atoms with van der Waals surface area (Å²) in [6.45, 7) is 1.50. The predicted octanol–water partition coefficient (Wildman–Crippen LogP) is 5.51. The molecule has 2 aromatic heterocycles. The quantitative estimate of drug-likeness (QED) is 0.314. The topological polar surface area (TPSA) is 69.0 Å². The molecular weight excluding hydrogens is 464 g/mol. The molecule has 4 aromatic rings. The minimum Gasteiger partial charge on any atom is -0.376 e. The van der Waals surface area contributed by atoms with Crippen molar-refractivity contribution in [3.63, 3.8) is 0 Å². The number of nitrogens with zero attached hydrogens (tertiary/aromatic N) is 3.